The van der Waals surface area contributed by atoms with Gasteiger partial charge in [0, 0.05) is 6.42 Å². The molecular formula is C9H13N5O4. The summed E-state index contributed by atoms with van der Waals surface area (Å²) in [6.45, 7) is 2.47. The second kappa shape index (κ2) is 5.10. The van der Waals surface area contributed by atoms with Crippen molar-refractivity contribution in [3.8, 4) is 5.88 Å². The van der Waals surface area contributed by atoms with Gasteiger partial charge in [0.1, 0.15) is 11.8 Å². The second-order valence-corrected chi connectivity index (χ2v) is 3.79. The molecule has 1 saturated heterocycles. The topological polar surface area (TPSA) is 125 Å². The number of nitro groups is 1. The monoisotopic (exact) mass is 255 g/mol. The Kier molecular flexibility index (Phi) is 3.53. The molecule has 1 unspecified atom stereocenters. The quantitative estimate of drug-likeness (QED) is 0.442. The zero-order valence-electron chi connectivity index (χ0n) is 9.75. The zero-order chi connectivity index (χ0) is 13.1. The van der Waals surface area contributed by atoms with E-state index >= 15 is 0 Å². The molecule has 0 amide bonds. The van der Waals surface area contributed by atoms with E-state index < -0.39 is 4.92 Å². The minimum Gasteiger partial charge on any atom is -0.467 e. The molecule has 1 aliphatic heterocycles. The maximum atomic E-state index is 11.0. The molecule has 0 saturated carbocycles. The van der Waals surface area contributed by atoms with Crippen LogP contribution in [0.1, 0.15) is 12.1 Å². The van der Waals surface area contributed by atoms with Gasteiger partial charge in [-0.05, 0) is 6.92 Å². The second-order valence-electron chi connectivity index (χ2n) is 3.79. The summed E-state index contributed by atoms with van der Waals surface area (Å²) in [6, 6.07) is 0. The van der Waals surface area contributed by atoms with Gasteiger partial charge in [0.05, 0.1) is 18.1 Å². The Morgan fingerprint density at radius 2 is 2.39 bits per heavy atom. The van der Waals surface area contributed by atoms with Crippen molar-refractivity contribution in [3.63, 3.8) is 0 Å². The van der Waals surface area contributed by atoms with E-state index in [4.69, 9.17) is 15.3 Å². The predicted octanol–water partition coefficient (Wildman–Crippen LogP) is 0.147. The Morgan fingerprint density at radius 1 is 1.61 bits per heavy atom. The molecule has 9 heteroatoms. The maximum Gasteiger partial charge on any atom is 0.352 e. The lowest BCUT2D eigenvalue weighted by Gasteiger charge is -2.12. The van der Waals surface area contributed by atoms with Crippen molar-refractivity contribution >= 4 is 11.6 Å². The minimum atomic E-state index is -0.569. The van der Waals surface area contributed by atoms with Crippen molar-refractivity contribution in [2.24, 2.45) is 5.84 Å². The number of anilines is 1. The molecule has 0 bridgehead atoms. The maximum absolute atomic E-state index is 11.0. The van der Waals surface area contributed by atoms with Crippen molar-refractivity contribution < 1.29 is 14.4 Å². The first-order chi connectivity index (χ1) is 8.61. The number of nitrogens with one attached hydrogen (secondary N) is 1. The third kappa shape index (κ3) is 2.46. The fraction of sp³-hybridized carbons (Fsp3) is 0.556. The zero-order valence-corrected chi connectivity index (χ0v) is 9.75. The standard InChI is InChI=1S/C9H13N5O4/c1-5-7(14(15)16)8(12-9(11-5)13-10)18-6-2-3-17-4-6/h6H,2-4,10H2,1H3,(H,11,12,13). The molecule has 1 aliphatic rings. The highest BCUT2D eigenvalue weighted by Crippen LogP contribution is 2.30. The number of ether oxygens (including phenoxy) is 2. The first-order valence-corrected chi connectivity index (χ1v) is 5.36. The van der Waals surface area contributed by atoms with Gasteiger partial charge in [-0.15, -0.1) is 0 Å². The molecule has 1 fully saturated rings. The van der Waals surface area contributed by atoms with Crippen LogP contribution in [-0.4, -0.2) is 34.2 Å². The van der Waals surface area contributed by atoms with E-state index in [1.807, 2.05) is 0 Å². The molecule has 1 aromatic heterocycles. The molecule has 9 nitrogen and oxygen atoms in total. The summed E-state index contributed by atoms with van der Waals surface area (Å²) in [6.07, 6.45) is 0.439. The number of aromatic nitrogens is 2. The summed E-state index contributed by atoms with van der Waals surface area (Å²) >= 11 is 0. The largest absolute Gasteiger partial charge is 0.467 e. The average molecular weight is 255 g/mol. The molecule has 0 aromatic carbocycles. The van der Waals surface area contributed by atoms with Crippen molar-refractivity contribution in [3.05, 3.63) is 15.8 Å². The van der Waals surface area contributed by atoms with Crippen LogP contribution in [0.4, 0.5) is 11.6 Å². The van der Waals surface area contributed by atoms with Crippen LogP contribution in [0.25, 0.3) is 0 Å². The van der Waals surface area contributed by atoms with Crippen LogP contribution >= 0.6 is 0 Å². The summed E-state index contributed by atoms with van der Waals surface area (Å²) in [7, 11) is 0. The summed E-state index contributed by atoms with van der Waals surface area (Å²) in [4.78, 5) is 18.1. The molecule has 18 heavy (non-hydrogen) atoms. The summed E-state index contributed by atoms with van der Waals surface area (Å²) in [5.41, 5.74) is 2.19. The smallest absolute Gasteiger partial charge is 0.352 e. The highest BCUT2D eigenvalue weighted by Gasteiger charge is 2.27. The summed E-state index contributed by atoms with van der Waals surface area (Å²) in [5.74, 6) is 5.19. The van der Waals surface area contributed by atoms with Gasteiger partial charge in [-0.2, -0.15) is 4.98 Å². The van der Waals surface area contributed by atoms with Gasteiger partial charge < -0.3 is 9.47 Å². The Morgan fingerprint density at radius 3 is 2.94 bits per heavy atom. The number of hydrogen-bond acceptors (Lipinski definition) is 8. The van der Waals surface area contributed by atoms with Crippen LogP contribution in [0, 0.1) is 17.0 Å². The lowest BCUT2D eigenvalue weighted by Crippen LogP contribution is -2.19. The van der Waals surface area contributed by atoms with Crippen molar-refractivity contribution in [1.29, 1.82) is 0 Å². The number of nitrogens with two attached hydrogens (primary N) is 1. The number of nitrogens with zero attached hydrogens (tertiary/aromatic N) is 3. The fourth-order valence-corrected chi connectivity index (χ4v) is 1.66. The predicted molar refractivity (Wildman–Crippen MR) is 61.1 cm³/mol. The molecule has 3 N–H and O–H groups in total. The van der Waals surface area contributed by atoms with E-state index in [2.05, 4.69) is 15.4 Å². The van der Waals surface area contributed by atoms with E-state index in [1.165, 1.54) is 6.92 Å². The third-order valence-electron chi connectivity index (χ3n) is 2.50. The van der Waals surface area contributed by atoms with Gasteiger partial charge in [-0.1, -0.05) is 0 Å². The van der Waals surface area contributed by atoms with Crippen LogP contribution < -0.4 is 16.0 Å². The molecule has 0 spiro atoms. The van der Waals surface area contributed by atoms with Gasteiger partial charge in [0.2, 0.25) is 5.95 Å². The molecule has 0 aliphatic carbocycles. The van der Waals surface area contributed by atoms with Crippen molar-refractivity contribution in [2.45, 2.75) is 19.4 Å². The minimum absolute atomic E-state index is 0.0759. The van der Waals surface area contributed by atoms with Gasteiger partial charge >= 0.3 is 5.69 Å². The van der Waals surface area contributed by atoms with Gasteiger partial charge in [0.25, 0.3) is 5.88 Å². The molecule has 1 aromatic rings. The number of hydrazine groups is 1. The Labute approximate surface area is 102 Å². The first kappa shape index (κ1) is 12.5. The van der Waals surface area contributed by atoms with Crippen molar-refractivity contribution in [2.75, 3.05) is 18.6 Å². The number of rotatable bonds is 4. The number of nitrogen functional groups attached to an aromatic ring is 1. The summed E-state index contributed by atoms with van der Waals surface area (Å²) < 4.78 is 10.6. The molecule has 2 heterocycles. The van der Waals surface area contributed by atoms with Crippen LogP contribution in [0.5, 0.6) is 5.88 Å². The first-order valence-electron chi connectivity index (χ1n) is 5.36. The fourth-order valence-electron chi connectivity index (χ4n) is 1.66. The van der Waals surface area contributed by atoms with Crippen LogP contribution in [-0.2, 0) is 4.74 Å². The summed E-state index contributed by atoms with van der Waals surface area (Å²) in [5, 5.41) is 11.0. The highest BCUT2D eigenvalue weighted by molar-refractivity contribution is 5.48. The highest BCUT2D eigenvalue weighted by atomic mass is 16.6. The molecule has 98 valence electrons. The Bertz CT molecular complexity index is 461. The Balaban J connectivity index is 2.34. The molecule has 2 rings (SSSR count). The SMILES string of the molecule is Cc1nc(NN)nc(OC2CCOC2)c1[N+](=O)[O-]. The van der Waals surface area contributed by atoms with Crippen molar-refractivity contribution in [1.82, 2.24) is 9.97 Å². The van der Waals surface area contributed by atoms with E-state index in [9.17, 15) is 10.1 Å². The third-order valence-corrected chi connectivity index (χ3v) is 2.50. The van der Waals surface area contributed by atoms with E-state index in [0.717, 1.165) is 0 Å². The molecular weight excluding hydrogens is 242 g/mol. The van der Waals surface area contributed by atoms with Gasteiger partial charge in [0.15, 0.2) is 0 Å². The number of hydrogen-bond donors (Lipinski definition) is 2. The molecule has 1 atom stereocenters. The van der Waals surface area contributed by atoms with E-state index in [1.54, 1.807) is 0 Å². The van der Waals surface area contributed by atoms with E-state index in [-0.39, 0.29) is 29.3 Å². The Hall–Kier alpha value is -2.00. The average Bonchev–Trinajstić information content (AvgIpc) is 2.80. The van der Waals surface area contributed by atoms with Crippen LogP contribution in [0.3, 0.4) is 0 Å². The van der Waals surface area contributed by atoms with Gasteiger partial charge in [-0.25, -0.2) is 10.8 Å². The van der Waals surface area contributed by atoms with Crippen LogP contribution in [0.2, 0.25) is 0 Å². The van der Waals surface area contributed by atoms with E-state index in [0.29, 0.717) is 19.6 Å². The lowest BCUT2D eigenvalue weighted by molar-refractivity contribution is -0.387. The normalized spacial score (nSPS) is 18.7. The van der Waals surface area contributed by atoms with Gasteiger partial charge in [-0.3, -0.25) is 15.5 Å². The molecule has 0 radical (unpaired) electrons. The lowest BCUT2D eigenvalue weighted by atomic mass is 10.3. The van der Waals surface area contributed by atoms with Crippen LogP contribution in [0.15, 0.2) is 0 Å². The number of aryl methyl sites for hydroxylation is 1.